The third-order valence-corrected chi connectivity index (χ3v) is 4.36. The molecule has 5 heteroatoms. The van der Waals surface area contributed by atoms with Crippen LogP contribution in [0.1, 0.15) is 18.9 Å². The maximum Gasteiger partial charge on any atom is 0.0591 e. The Balaban J connectivity index is 2.15. The number of ether oxygens (including phenoxy) is 1. The van der Waals surface area contributed by atoms with Crippen LogP contribution in [-0.2, 0) is 11.2 Å². The molecule has 3 atom stereocenters. The summed E-state index contributed by atoms with van der Waals surface area (Å²) in [6.07, 6.45) is 1.94. The largest absolute Gasteiger partial charge is 0.378 e. The molecule has 0 aliphatic carbocycles. The van der Waals surface area contributed by atoms with Crippen LogP contribution in [0.25, 0.3) is 0 Å². The van der Waals surface area contributed by atoms with Gasteiger partial charge in [0, 0.05) is 28.6 Å². The van der Waals surface area contributed by atoms with Gasteiger partial charge in [0.05, 0.1) is 6.10 Å². The molecule has 1 aromatic rings. The number of rotatable bonds is 4. The zero-order valence-electron chi connectivity index (χ0n) is 10.3. The van der Waals surface area contributed by atoms with Crippen LogP contribution in [0.2, 0.25) is 10.0 Å². The summed E-state index contributed by atoms with van der Waals surface area (Å²) < 4.78 is 5.58. The predicted molar refractivity (Wildman–Crippen MR) is 74.8 cm³/mol. The molecule has 2 rings (SSSR count). The van der Waals surface area contributed by atoms with Crippen LogP contribution in [0, 0.1) is 5.92 Å². The Morgan fingerprint density at radius 3 is 2.61 bits per heavy atom. The molecular weight excluding hydrogens is 271 g/mol. The minimum absolute atomic E-state index is 0.125. The highest BCUT2D eigenvalue weighted by atomic mass is 35.5. The fourth-order valence-corrected chi connectivity index (χ4v) is 3.11. The zero-order chi connectivity index (χ0) is 13.1. The highest BCUT2D eigenvalue weighted by Gasteiger charge is 2.32. The van der Waals surface area contributed by atoms with Crippen molar-refractivity contribution in [3.05, 3.63) is 33.8 Å². The first-order chi connectivity index (χ1) is 8.63. The number of benzene rings is 1. The summed E-state index contributed by atoms with van der Waals surface area (Å²) >= 11 is 12.4. The summed E-state index contributed by atoms with van der Waals surface area (Å²) in [6.45, 7) is 2.87. The Labute approximate surface area is 118 Å². The van der Waals surface area contributed by atoms with Crippen LogP contribution in [0.3, 0.4) is 0 Å². The third-order valence-electron chi connectivity index (χ3n) is 3.65. The van der Waals surface area contributed by atoms with E-state index >= 15 is 0 Å². The SMILES string of the molecule is CC1OCCC1C(Cc1c(Cl)cccc1Cl)NN. The normalized spacial score (nSPS) is 25.3. The van der Waals surface area contributed by atoms with Gasteiger partial charge in [-0.3, -0.25) is 11.3 Å². The van der Waals surface area contributed by atoms with Crippen LogP contribution in [0.5, 0.6) is 0 Å². The van der Waals surface area contributed by atoms with Gasteiger partial charge in [-0.25, -0.2) is 0 Å². The van der Waals surface area contributed by atoms with Gasteiger partial charge in [-0.05, 0) is 37.5 Å². The molecule has 3 nitrogen and oxygen atoms in total. The van der Waals surface area contributed by atoms with Gasteiger partial charge < -0.3 is 4.74 Å². The molecule has 0 amide bonds. The molecule has 1 fully saturated rings. The second kappa shape index (κ2) is 6.22. The lowest BCUT2D eigenvalue weighted by Crippen LogP contribution is -2.44. The average molecular weight is 289 g/mol. The van der Waals surface area contributed by atoms with Crippen LogP contribution in [0.4, 0.5) is 0 Å². The Bertz CT molecular complexity index is 394. The van der Waals surface area contributed by atoms with Crippen molar-refractivity contribution in [3.8, 4) is 0 Å². The smallest absolute Gasteiger partial charge is 0.0591 e. The van der Waals surface area contributed by atoms with E-state index in [2.05, 4.69) is 12.3 Å². The summed E-state index contributed by atoms with van der Waals surface area (Å²) in [7, 11) is 0. The van der Waals surface area contributed by atoms with E-state index in [1.807, 2.05) is 18.2 Å². The fourth-order valence-electron chi connectivity index (χ4n) is 2.56. The van der Waals surface area contributed by atoms with Crippen molar-refractivity contribution in [2.45, 2.75) is 31.9 Å². The van der Waals surface area contributed by atoms with Crippen molar-refractivity contribution < 1.29 is 4.74 Å². The Hall–Kier alpha value is -0.320. The number of halogens is 2. The quantitative estimate of drug-likeness (QED) is 0.662. The van der Waals surface area contributed by atoms with E-state index in [0.717, 1.165) is 18.6 Å². The van der Waals surface area contributed by atoms with Gasteiger partial charge in [0.25, 0.3) is 0 Å². The maximum absolute atomic E-state index is 6.19. The lowest BCUT2D eigenvalue weighted by Gasteiger charge is -2.25. The highest BCUT2D eigenvalue weighted by Crippen LogP contribution is 2.30. The number of nitrogens with one attached hydrogen (secondary N) is 1. The van der Waals surface area contributed by atoms with Gasteiger partial charge in [-0.1, -0.05) is 29.3 Å². The van der Waals surface area contributed by atoms with Gasteiger partial charge in [0.2, 0.25) is 0 Å². The molecule has 0 radical (unpaired) electrons. The van der Waals surface area contributed by atoms with Crippen LogP contribution in [0.15, 0.2) is 18.2 Å². The van der Waals surface area contributed by atoms with E-state index < -0.39 is 0 Å². The van der Waals surface area contributed by atoms with Crippen molar-refractivity contribution >= 4 is 23.2 Å². The zero-order valence-corrected chi connectivity index (χ0v) is 11.8. The maximum atomic E-state index is 6.19. The topological polar surface area (TPSA) is 47.3 Å². The van der Waals surface area contributed by atoms with Gasteiger partial charge in [0.15, 0.2) is 0 Å². The summed E-state index contributed by atoms with van der Waals surface area (Å²) in [5.74, 6) is 6.06. The van der Waals surface area contributed by atoms with Crippen molar-refractivity contribution in [2.75, 3.05) is 6.61 Å². The summed E-state index contributed by atoms with van der Waals surface area (Å²) in [6, 6.07) is 5.68. The first-order valence-electron chi connectivity index (χ1n) is 6.14. The third kappa shape index (κ3) is 2.98. The fraction of sp³-hybridized carbons (Fsp3) is 0.538. The number of hydrazine groups is 1. The molecule has 0 aromatic heterocycles. The predicted octanol–water partition coefficient (Wildman–Crippen LogP) is 2.79. The van der Waals surface area contributed by atoms with Crippen molar-refractivity contribution in [1.29, 1.82) is 0 Å². The van der Waals surface area contributed by atoms with Crippen molar-refractivity contribution in [2.24, 2.45) is 11.8 Å². The van der Waals surface area contributed by atoms with Crippen LogP contribution in [-0.4, -0.2) is 18.8 Å². The standard InChI is InChI=1S/C13H18Cl2N2O/c1-8-9(5-6-18-8)13(17-16)7-10-11(14)3-2-4-12(10)15/h2-4,8-9,13,17H,5-7,16H2,1H3. The lowest BCUT2D eigenvalue weighted by atomic mass is 9.89. The number of hydrogen-bond donors (Lipinski definition) is 2. The molecule has 3 N–H and O–H groups in total. The molecule has 1 heterocycles. The molecule has 1 aromatic carbocycles. The summed E-state index contributed by atoms with van der Waals surface area (Å²) in [4.78, 5) is 0. The molecule has 3 unspecified atom stereocenters. The first kappa shape index (κ1) is 14.1. The molecule has 100 valence electrons. The van der Waals surface area contributed by atoms with Gasteiger partial charge in [0.1, 0.15) is 0 Å². The minimum atomic E-state index is 0.125. The second-order valence-electron chi connectivity index (χ2n) is 4.71. The Morgan fingerprint density at radius 1 is 1.44 bits per heavy atom. The van der Waals surface area contributed by atoms with Crippen LogP contribution >= 0.6 is 23.2 Å². The van der Waals surface area contributed by atoms with E-state index in [-0.39, 0.29) is 12.1 Å². The molecule has 1 aliphatic heterocycles. The van der Waals surface area contributed by atoms with E-state index in [1.54, 1.807) is 0 Å². The van der Waals surface area contributed by atoms with Gasteiger partial charge in [-0.15, -0.1) is 0 Å². The molecule has 1 saturated heterocycles. The van der Waals surface area contributed by atoms with Crippen molar-refractivity contribution in [1.82, 2.24) is 5.43 Å². The number of hydrogen-bond acceptors (Lipinski definition) is 3. The highest BCUT2D eigenvalue weighted by molar-refractivity contribution is 6.36. The molecule has 0 saturated carbocycles. The molecule has 0 bridgehead atoms. The monoisotopic (exact) mass is 288 g/mol. The van der Waals surface area contributed by atoms with Gasteiger partial charge >= 0.3 is 0 Å². The van der Waals surface area contributed by atoms with E-state index in [1.165, 1.54) is 0 Å². The Morgan fingerprint density at radius 2 is 2.11 bits per heavy atom. The lowest BCUT2D eigenvalue weighted by molar-refractivity contribution is 0.0954. The van der Waals surface area contributed by atoms with E-state index in [0.29, 0.717) is 22.4 Å². The summed E-state index contributed by atoms with van der Waals surface area (Å²) in [5.41, 5.74) is 3.83. The molecule has 0 spiro atoms. The summed E-state index contributed by atoms with van der Waals surface area (Å²) in [5, 5.41) is 1.38. The second-order valence-corrected chi connectivity index (χ2v) is 5.52. The number of nitrogens with two attached hydrogens (primary N) is 1. The molecule has 18 heavy (non-hydrogen) atoms. The van der Waals surface area contributed by atoms with E-state index in [4.69, 9.17) is 33.8 Å². The molecule has 1 aliphatic rings. The minimum Gasteiger partial charge on any atom is -0.378 e. The first-order valence-corrected chi connectivity index (χ1v) is 6.89. The van der Waals surface area contributed by atoms with Gasteiger partial charge in [-0.2, -0.15) is 0 Å². The molecular formula is C13H18Cl2N2O. The van der Waals surface area contributed by atoms with Crippen LogP contribution < -0.4 is 11.3 Å². The van der Waals surface area contributed by atoms with E-state index in [9.17, 15) is 0 Å². The average Bonchev–Trinajstić information content (AvgIpc) is 2.76. The van der Waals surface area contributed by atoms with Crippen molar-refractivity contribution in [3.63, 3.8) is 0 Å². The Kier molecular flexibility index (Phi) is 4.87.